The van der Waals surface area contributed by atoms with E-state index in [1.54, 1.807) is 0 Å². The van der Waals surface area contributed by atoms with Crippen molar-refractivity contribution in [1.82, 2.24) is 10.2 Å². The number of fused-ring (bicyclic) bond motifs is 1. The largest absolute Gasteiger partial charge is 0.371 e. The Labute approximate surface area is 111 Å². The van der Waals surface area contributed by atoms with E-state index >= 15 is 0 Å². The highest BCUT2D eigenvalue weighted by atomic mass is 32.1. The molecule has 2 aliphatic rings. The van der Waals surface area contributed by atoms with E-state index in [0.717, 1.165) is 43.4 Å². The Hall–Kier alpha value is -0.930. The highest BCUT2D eigenvalue weighted by Gasteiger charge is 2.32. The molecule has 0 bridgehead atoms. The zero-order valence-electron chi connectivity index (χ0n) is 10.5. The molecular formula is C13H17N3OS. The summed E-state index contributed by atoms with van der Waals surface area (Å²) in [6.07, 6.45) is 0.145. The van der Waals surface area contributed by atoms with Gasteiger partial charge in [-0.05, 0) is 23.4 Å². The zero-order valence-corrected chi connectivity index (χ0v) is 11.3. The van der Waals surface area contributed by atoms with Crippen LogP contribution in [0.4, 0.5) is 5.00 Å². The van der Waals surface area contributed by atoms with E-state index in [1.807, 2.05) is 6.92 Å². The third kappa shape index (κ3) is 2.06. The van der Waals surface area contributed by atoms with Crippen LogP contribution in [-0.2, 0) is 4.74 Å². The Morgan fingerprint density at radius 1 is 1.61 bits per heavy atom. The lowest BCUT2D eigenvalue weighted by Gasteiger charge is -2.42. The summed E-state index contributed by atoms with van der Waals surface area (Å²) in [7, 11) is 0. The molecule has 4 nitrogen and oxygen atoms in total. The van der Waals surface area contributed by atoms with E-state index in [4.69, 9.17) is 11.3 Å². The number of morpholine rings is 1. The van der Waals surface area contributed by atoms with Crippen molar-refractivity contribution in [2.24, 2.45) is 0 Å². The second-order valence-electron chi connectivity index (χ2n) is 4.91. The van der Waals surface area contributed by atoms with Gasteiger partial charge in [0.25, 0.3) is 0 Å². The smallest absolute Gasteiger partial charge is 0.244 e. The number of ether oxygens (including phenoxy) is 1. The minimum absolute atomic E-state index is 0.145. The van der Waals surface area contributed by atoms with Crippen molar-refractivity contribution < 1.29 is 4.74 Å². The van der Waals surface area contributed by atoms with Crippen LogP contribution in [0.5, 0.6) is 0 Å². The van der Waals surface area contributed by atoms with Gasteiger partial charge in [0.1, 0.15) is 0 Å². The molecule has 3 rings (SSSR count). The maximum absolute atomic E-state index is 7.13. The molecule has 0 radical (unpaired) electrons. The van der Waals surface area contributed by atoms with Crippen LogP contribution >= 0.6 is 11.3 Å². The van der Waals surface area contributed by atoms with Crippen LogP contribution in [0.25, 0.3) is 4.85 Å². The lowest BCUT2D eigenvalue weighted by molar-refractivity contribution is -0.0718. The fourth-order valence-corrected chi connectivity index (χ4v) is 3.65. The van der Waals surface area contributed by atoms with Crippen LogP contribution in [0.2, 0.25) is 0 Å². The first kappa shape index (κ1) is 12.1. The van der Waals surface area contributed by atoms with Crippen LogP contribution in [0.15, 0.2) is 5.38 Å². The van der Waals surface area contributed by atoms with Crippen molar-refractivity contribution in [3.63, 3.8) is 0 Å². The predicted octanol–water partition coefficient (Wildman–Crippen LogP) is 1.95. The number of piperazine rings is 1. The van der Waals surface area contributed by atoms with Crippen molar-refractivity contribution in [3.05, 3.63) is 27.9 Å². The fourth-order valence-electron chi connectivity index (χ4n) is 2.74. The average molecular weight is 263 g/mol. The Morgan fingerprint density at radius 3 is 3.28 bits per heavy atom. The van der Waals surface area contributed by atoms with Crippen molar-refractivity contribution in [2.75, 3.05) is 32.8 Å². The van der Waals surface area contributed by atoms with E-state index in [9.17, 15) is 0 Å². The van der Waals surface area contributed by atoms with Crippen LogP contribution in [0, 0.1) is 13.5 Å². The van der Waals surface area contributed by atoms with Crippen molar-refractivity contribution in [2.45, 2.75) is 19.1 Å². The average Bonchev–Trinajstić information content (AvgIpc) is 2.79. The molecule has 0 aromatic carbocycles. The molecule has 18 heavy (non-hydrogen) atoms. The minimum Gasteiger partial charge on any atom is -0.371 e. The van der Waals surface area contributed by atoms with Gasteiger partial charge in [-0.3, -0.25) is 4.90 Å². The summed E-state index contributed by atoms with van der Waals surface area (Å²) in [6.45, 7) is 14.1. The highest BCUT2D eigenvalue weighted by molar-refractivity contribution is 7.14. The Morgan fingerprint density at radius 2 is 2.50 bits per heavy atom. The number of hydrogen-bond acceptors (Lipinski definition) is 4. The summed E-state index contributed by atoms with van der Waals surface area (Å²) in [5.74, 6) is 0. The molecule has 2 atom stereocenters. The Bertz CT molecular complexity index is 479. The summed E-state index contributed by atoms with van der Waals surface area (Å²) in [5, 5.41) is 6.30. The van der Waals surface area contributed by atoms with E-state index in [-0.39, 0.29) is 6.10 Å². The molecule has 1 N–H and O–H groups in total. The summed E-state index contributed by atoms with van der Waals surface area (Å²) in [6, 6.07) is 0.522. The molecule has 0 spiro atoms. The lowest BCUT2D eigenvalue weighted by atomic mass is 10.0. The molecule has 2 saturated heterocycles. The first-order valence-electron chi connectivity index (χ1n) is 6.31. The summed E-state index contributed by atoms with van der Waals surface area (Å²) >= 11 is 1.53. The second-order valence-corrected chi connectivity index (χ2v) is 5.77. The SMILES string of the molecule is [C-]#[N+]c1scc([C@H]2CN3CCNC[C@H]3CO2)c1C. The van der Waals surface area contributed by atoms with Crippen LogP contribution in [0.1, 0.15) is 17.2 Å². The first-order chi connectivity index (χ1) is 8.79. The molecule has 1 aromatic rings. The Balaban J connectivity index is 1.77. The van der Waals surface area contributed by atoms with Gasteiger partial charge in [0.2, 0.25) is 5.00 Å². The molecule has 0 aliphatic carbocycles. The number of nitrogens with one attached hydrogen (secondary N) is 1. The van der Waals surface area contributed by atoms with Gasteiger partial charge in [0.05, 0.1) is 19.3 Å². The number of hydrogen-bond donors (Lipinski definition) is 1. The van der Waals surface area contributed by atoms with E-state index < -0.39 is 0 Å². The Kier molecular flexibility index (Phi) is 3.35. The van der Waals surface area contributed by atoms with Gasteiger partial charge in [-0.1, -0.05) is 0 Å². The lowest BCUT2D eigenvalue weighted by Crippen LogP contribution is -2.57. The molecule has 5 heteroatoms. The standard InChI is InChI=1S/C13H17N3OS/c1-9-11(8-18-13(9)14-2)12-6-16-4-3-15-5-10(16)7-17-12/h8,10,12,15H,3-7H2,1H3/t10-,12+/m0/s1. The third-order valence-corrected chi connectivity index (χ3v) is 4.85. The van der Waals surface area contributed by atoms with Gasteiger partial charge in [-0.25, -0.2) is 4.85 Å². The van der Waals surface area contributed by atoms with E-state index in [2.05, 4.69) is 20.4 Å². The molecule has 0 saturated carbocycles. The second kappa shape index (κ2) is 4.98. The number of rotatable bonds is 1. The summed E-state index contributed by atoms with van der Waals surface area (Å²) < 4.78 is 5.99. The minimum atomic E-state index is 0.145. The maximum Gasteiger partial charge on any atom is 0.244 e. The third-order valence-electron chi connectivity index (χ3n) is 3.86. The molecule has 2 aliphatic heterocycles. The number of thiophene rings is 1. The van der Waals surface area contributed by atoms with Crippen molar-refractivity contribution in [1.29, 1.82) is 0 Å². The van der Waals surface area contributed by atoms with Gasteiger partial charge in [0, 0.05) is 32.2 Å². The normalized spacial score (nSPS) is 28.7. The van der Waals surface area contributed by atoms with Gasteiger partial charge in [-0.2, -0.15) is 11.3 Å². The molecule has 2 fully saturated rings. The monoisotopic (exact) mass is 263 g/mol. The summed E-state index contributed by atoms with van der Waals surface area (Å²) in [5.41, 5.74) is 2.32. The molecule has 1 aromatic heterocycles. The summed E-state index contributed by atoms with van der Waals surface area (Å²) in [4.78, 5) is 6.07. The maximum atomic E-state index is 7.13. The van der Waals surface area contributed by atoms with Crippen molar-refractivity contribution in [3.8, 4) is 0 Å². The number of nitrogens with zero attached hydrogens (tertiary/aromatic N) is 2. The quantitative estimate of drug-likeness (QED) is 0.785. The topological polar surface area (TPSA) is 28.9 Å². The van der Waals surface area contributed by atoms with E-state index in [1.165, 1.54) is 16.9 Å². The molecule has 0 unspecified atom stereocenters. The van der Waals surface area contributed by atoms with Crippen molar-refractivity contribution >= 4 is 16.3 Å². The van der Waals surface area contributed by atoms with Gasteiger partial charge >= 0.3 is 0 Å². The first-order valence-corrected chi connectivity index (χ1v) is 7.19. The van der Waals surface area contributed by atoms with Crippen LogP contribution in [-0.4, -0.2) is 43.7 Å². The predicted molar refractivity (Wildman–Crippen MR) is 72.2 cm³/mol. The fraction of sp³-hybridized carbons (Fsp3) is 0.615. The molecule has 3 heterocycles. The van der Waals surface area contributed by atoms with Gasteiger partial charge in [-0.15, -0.1) is 0 Å². The zero-order chi connectivity index (χ0) is 12.5. The molecule has 0 amide bonds. The molecule has 96 valence electrons. The van der Waals surface area contributed by atoms with Crippen LogP contribution in [0.3, 0.4) is 0 Å². The van der Waals surface area contributed by atoms with Gasteiger partial charge < -0.3 is 10.1 Å². The molecular weight excluding hydrogens is 246 g/mol. The van der Waals surface area contributed by atoms with Gasteiger partial charge in [0.15, 0.2) is 0 Å². The highest BCUT2D eigenvalue weighted by Crippen LogP contribution is 2.36. The van der Waals surface area contributed by atoms with E-state index in [0.29, 0.717) is 6.04 Å². The van der Waals surface area contributed by atoms with Crippen LogP contribution < -0.4 is 5.32 Å².